The quantitative estimate of drug-likeness (QED) is 0.654. The zero-order valence-electron chi connectivity index (χ0n) is 12.4. The van der Waals surface area contributed by atoms with E-state index in [-0.39, 0.29) is 23.9 Å². The number of carboxylic acids is 1. The lowest BCUT2D eigenvalue weighted by Gasteiger charge is -2.07. The third-order valence-electron chi connectivity index (χ3n) is 3.03. The van der Waals surface area contributed by atoms with Crippen molar-refractivity contribution in [1.29, 1.82) is 0 Å². The van der Waals surface area contributed by atoms with Gasteiger partial charge in [-0.05, 0) is 48.5 Å². The van der Waals surface area contributed by atoms with Gasteiger partial charge in [-0.25, -0.2) is 4.79 Å². The molecule has 118 valence electrons. The molecule has 2 rings (SSSR count). The number of hydrogen-bond acceptors (Lipinski definition) is 4. The molecule has 0 atom stereocenters. The predicted molar refractivity (Wildman–Crippen MR) is 83.7 cm³/mol. The van der Waals surface area contributed by atoms with Gasteiger partial charge in [-0.1, -0.05) is 6.92 Å². The maximum Gasteiger partial charge on any atom is 0.335 e. The second-order valence-corrected chi connectivity index (χ2v) is 4.69. The zero-order valence-corrected chi connectivity index (χ0v) is 12.4. The molecular weight excluding hydrogens is 298 g/mol. The number of nitrogens with one attached hydrogen (secondary N) is 1. The first-order valence-electron chi connectivity index (χ1n) is 6.95. The molecule has 2 aromatic rings. The number of rotatable bonds is 5. The van der Waals surface area contributed by atoms with E-state index in [1.807, 2.05) is 0 Å². The van der Waals surface area contributed by atoms with Gasteiger partial charge in [0.1, 0.15) is 5.75 Å². The molecule has 0 saturated carbocycles. The number of anilines is 1. The second kappa shape index (κ2) is 7.22. The fourth-order valence-electron chi connectivity index (χ4n) is 1.78. The Morgan fingerprint density at radius 2 is 1.52 bits per heavy atom. The number of carbonyl (C=O) groups excluding carboxylic acids is 2. The zero-order chi connectivity index (χ0) is 16.8. The molecule has 0 bridgehead atoms. The molecule has 0 saturated heterocycles. The number of carboxylic acid groups (broad SMARTS) is 1. The molecule has 6 nitrogen and oxygen atoms in total. The second-order valence-electron chi connectivity index (χ2n) is 4.69. The molecule has 0 aliphatic heterocycles. The summed E-state index contributed by atoms with van der Waals surface area (Å²) in [5.41, 5.74) is 1.02. The first-order chi connectivity index (χ1) is 11.0. The largest absolute Gasteiger partial charge is 0.478 e. The third-order valence-corrected chi connectivity index (χ3v) is 3.03. The minimum atomic E-state index is -1.03. The Labute approximate surface area is 132 Å². The summed E-state index contributed by atoms with van der Waals surface area (Å²) in [6.07, 6.45) is 0.272. The standard InChI is InChI=1S/C17H15NO5/c1-2-15(19)23-14-9-5-11(6-10-14)16(20)18-13-7-3-12(4-8-13)17(21)22/h3-10H,2H2,1H3,(H,18,20)(H,21,22). The van der Waals surface area contributed by atoms with Crippen LogP contribution in [0.3, 0.4) is 0 Å². The van der Waals surface area contributed by atoms with Crippen molar-refractivity contribution in [2.24, 2.45) is 0 Å². The normalized spacial score (nSPS) is 9.96. The predicted octanol–water partition coefficient (Wildman–Crippen LogP) is 2.95. The van der Waals surface area contributed by atoms with E-state index in [1.165, 1.54) is 36.4 Å². The van der Waals surface area contributed by atoms with Crippen LogP contribution in [0.1, 0.15) is 34.1 Å². The Hall–Kier alpha value is -3.15. The lowest BCUT2D eigenvalue weighted by atomic mass is 10.2. The first-order valence-corrected chi connectivity index (χ1v) is 6.95. The molecule has 2 aromatic carbocycles. The van der Waals surface area contributed by atoms with Crippen molar-refractivity contribution in [3.8, 4) is 5.75 Å². The van der Waals surface area contributed by atoms with Crippen LogP contribution in [0.25, 0.3) is 0 Å². The highest BCUT2D eigenvalue weighted by Gasteiger charge is 2.08. The van der Waals surface area contributed by atoms with E-state index in [2.05, 4.69) is 5.32 Å². The Morgan fingerprint density at radius 3 is 2.04 bits per heavy atom. The highest BCUT2D eigenvalue weighted by atomic mass is 16.5. The number of aromatic carboxylic acids is 1. The number of amides is 1. The lowest BCUT2D eigenvalue weighted by Crippen LogP contribution is -2.12. The van der Waals surface area contributed by atoms with Crippen molar-refractivity contribution in [1.82, 2.24) is 0 Å². The van der Waals surface area contributed by atoms with E-state index in [0.717, 1.165) is 0 Å². The van der Waals surface area contributed by atoms with Gasteiger partial charge in [0.25, 0.3) is 5.91 Å². The van der Waals surface area contributed by atoms with E-state index in [0.29, 0.717) is 17.0 Å². The molecule has 6 heteroatoms. The number of benzene rings is 2. The van der Waals surface area contributed by atoms with Crippen LogP contribution in [0, 0.1) is 0 Å². The minimum Gasteiger partial charge on any atom is -0.478 e. The van der Waals surface area contributed by atoms with Crippen molar-refractivity contribution >= 4 is 23.5 Å². The van der Waals surface area contributed by atoms with E-state index >= 15 is 0 Å². The van der Waals surface area contributed by atoms with Gasteiger partial charge in [0, 0.05) is 17.7 Å². The van der Waals surface area contributed by atoms with Crippen LogP contribution in [0.15, 0.2) is 48.5 Å². The Balaban J connectivity index is 2.02. The Kier molecular flexibility index (Phi) is 5.09. The Morgan fingerprint density at radius 1 is 0.957 bits per heavy atom. The highest BCUT2D eigenvalue weighted by Crippen LogP contribution is 2.15. The highest BCUT2D eigenvalue weighted by molar-refractivity contribution is 6.04. The molecule has 23 heavy (non-hydrogen) atoms. The fourth-order valence-corrected chi connectivity index (χ4v) is 1.78. The molecule has 0 aliphatic rings. The molecule has 0 fully saturated rings. The molecule has 0 aliphatic carbocycles. The molecule has 2 N–H and O–H groups in total. The minimum absolute atomic E-state index is 0.144. The SMILES string of the molecule is CCC(=O)Oc1ccc(C(=O)Nc2ccc(C(=O)O)cc2)cc1. The van der Waals surface area contributed by atoms with Crippen molar-refractivity contribution in [3.05, 3.63) is 59.7 Å². The summed E-state index contributed by atoms with van der Waals surface area (Å²) in [6.45, 7) is 1.69. The van der Waals surface area contributed by atoms with Gasteiger partial charge in [0.2, 0.25) is 0 Å². The number of hydrogen-bond donors (Lipinski definition) is 2. The van der Waals surface area contributed by atoms with Crippen LogP contribution in [-0.2, 0) is 4.79 Å². The van der Waals surface area contributed by atoms with E-state index in [4.69, 9.17) is 9.84 Å². The van der Waals surface area contributed by atoms with Gasteiger partial charge in [-0.3, -0.25) is 9.59 Å². The van der Waals surface area contributed by atoms with E-state index in [9.17, 15) is 14.4 Å². The molecule has 0 radical (unpaired) electrons. The molecule has 1 amide bonds. The van der Waals surface area contributed by atoms with Gasteiger partial charge >= 0.3 is 11.9 Å². The fraction of sp³-hybridized carbons (Fsp3) is 0.118. The number of esters is 1. The summed E-state index contributed by atoms with van der Waals surface area (Å²) in [4.78, 5) is 34.0. The van der Waals surface area contributed by atoms with Crippen LogP contribution >= 0.6 is 0 Å². The molecule has 0 heterocycles. The van der Waals surface area contributed by atoms with E-state index < -0.39 is 5.97 Å². The van der Waals surface area contributed by atoms with Crippen molar-refractivity contribution in [2.75, 3.05) is 5.32 Å². The molecule has 0 spiro atoms. The maximum absolute atomic E-state index is 12.1. The van der Waals surface area contributed by atoms with Crippen molar-refractivity contribution in [3.63, 3.8) is 0 Å². The van der Waals surface area contributed by atoms with Gasteiger partial charge < -0.3 is 15.2 Å². The molecule has 0 unspecified atom stereocenters. The monoisotopic (exact) mass is 313 g/mol. The van der Waals surface area contributed by atoms with Crippen LogP contribution in [0.2, 0.25) is 0 Å². The van der Waals surface area contributed by atoms with Crippen LogP contribution in [0.5, 0.6) is 5.75 Å². The molecular formula is C17H15NO5. The van der Waals surface area contributed by atoms with Gasteiger partial charge in [0.05, 0.1) is 5.56 Å². The summed E-state index contributed by atoms with van der Waals surface area (Å²) in [7, 11) is 0. The van der Waals surface area contributed by atoms with Crippen molar-refractivity contribution in [2.45, 2.75) is 13.3 Å². The smallest absolute Gasteiger partial charge is 0.335 e. The van der Waals surface area contributed by atoms with E-state index in [1.54, 1.807) is 19.1 Å². The molecule has 0 aromatic heterocycles. The summed E-state index contributed by atoms with van der Waals surface area (Å²) in [6, 6.07) is 12.0. The summed E-state index contributed by atoms with van der Waals surface area (Å²) >= 11 is 0. The number of ether oxygens (including phenoxy) is 1. The third kappa shape index (κ3) is 4.41. The average Bonchev–Trinajstić information content (AvgIpc) is 2.55. The summed E-state index contributed by atoms with van der Waals surface area (Å²) < 4.78 is 5.03. The lowest BCUT2D eigenvalue weighted by molar-refractivity contribution is -0.134. The first kappa shape index (κ1) is 16.2. The van der Waals surface area contributed by atoms with Crippen molar-refractivity contribution < 1.29 is 24.2 Å². The van der Waals surface area contributed by atoms with Crippen LogP contribution in [-0.4, -0.2) is 23.0 Å². The number of carbonyl (C=O) groups is 3. The summed E-state index contributed by atoms with van der Waals surface area (Å²) in [5, 5.41) is 11.5. The van der Waals surface area contributed by atoms with Gasteiger partial charge in [0.15, 0.2) is 0 Å². The summed E-state index contributed by atoms with van der Waals surface area (Å²) in [5.74, 6) is -1.35. The van der Waals surface area contributed by atoms with Crippen LogP contribution in [0.4, 0.5) is 5.69 Å². The van der Waals surface area contributed by atoms with Gasteiger partial charge in [-0.2, -0.15) is 0 Å². The maximum atomic E-state index is 12.1. The average molecular weight is 313 g/mol. The van der Waals surface area contributed by atoms with Crippen LogP contribution < -0.4 is 10.1 Å². The topological polar surface area (TPSA) is 92.7 Å². The Bertz CT molecular complexity index is 720. The van der Waals surface area contributed by atoms with Gasteiger partial charge in [-0.15, -0.1) is 0 Å².